The molecular formula is C34H55N3O3. The van der Waals surface area contributed by atoms with E-state index in [1.807, 2.05) is 18.3 Å². The van der Waals surface area contributed by atoms with Gasteiger partial charge in [0.05, 0.1) is 11.8 Å². The Kier molecular flexibility index (Phi) is 9.58. The second kappa shape index (κ2) is 12.8. The van der Waals surface area contributed by atoms with Crippen molar-refractivity contribution in [2.75, 3.05) is 13.1 Å². The number of aliphatic hydroxyl groups excluding tert-OH is 1. The van der Waals surface area contributed by atoms with Crippen LogP contribution in [0.1, 0.15) is 104 Å². The van der Waals surface area contributed by atoms with E-state index in [0.29, 0.717) is 47.0 Å². The quantitative estimate of drug-likeness (QED) is 0.236. The molecule has 0 saturated heterocycles. The largest absolute Gasteiger partial charge is 0.481 e. The first-order valence-corrected chi connectivity index (χ1v) is 16.5. The minimum absolute atomic E-state index is 0.176. The van der Waals surface area contributed by atoms with Crippen LogP contribution in [0.15, 0.2) is 24.4 Å². The molecule has 1 aromatic heterocycles. The molecule has 5 rings (SSSR count). The van der Waals surface area contributed by atoms with Gasteiger partial charge < -0.3 is 20.8 Å². The van der Waals surface area contributed by atoms with E-state index in [2.05, 4.69) is 42.5 Å². The van der Waals surface area contributed by atoms with Crippen molar-refractivity contribution >= 4 is 5.97 Å². The van der Waals surface area contributed by atoms with Gasteiger partial charge in [0.2, 0.25) is 0 Å². The lowest BCUT2D eigenvalue weighted by molar-refractivity contribution is -0.167. The van der Waals surface area contributed by atoms with Crippen molar-refractivity contribution in [3.05, 3.63) is 30.1 Å². The van der Waals surface area contributed by atoms with Crippen LogP contribution in [0.25, 0.3) is 0 Å². The Balaban J connectivity index is 1.10. The van der Waals surface area contributed by atoms with Crippen molar-refractivity contribution in [1.29, 1.82) is 0 Å². The number of carboxylic acids is 1. The fourth-order valence-electron chi connectivity index (χ4n) is 10.3. The lowest BCUT2D eigenvalue weighted by atomic mass is 9.43. The highest BCUT2D eigenvalue weighted by Gasteiger charge is 2.62. The Labute approximate surface area is 242 Å². The highest BCUT2D eigenvalue weighted by atomic mass is 16.4. The molecule has 1 aromatic rings. The van der Waals surface area contributed by atoms with Crippen molar-refractivity contribution in [3.8, 4) is 0 Å². The normalized spacial score (nSPS) is 39.6. The number of nitrogens with zero attached hydrogens (tertiary/aromatic N) is 1. The van der Waals surface area contributed by atoms with Crippen LogP contribution >= 0.6 is 0 Å². The number of fused-ring (bicyclic) bond motifs is 5. The number of hydrogen-bond acceptors (Lipinski definition) is 5. The van der Waals surface area contributed by atoms with E-state index >= 15 is 0 Å². The zero-order chi connectivity index (χ0) is 28.3. The summed E-state index contributed by atoms with van der Waals surface area (Å²) in [7, 11) is 0. The Morgan fingerprint density at radius 2 is 1.82 bits per heavy atom. The molecule has 4 unspecified atom stereocenters. The lowest BCUT2D eigenvalue weighted by Gasteiger charge is -2.62. The summed E-state index contributed by atoms with van der Waals surface area (Å²) in [6.45, 7) is 10.3. The Bertz CT molecular complexity index is 974. The third kappa shape index (κ3) is 6.15. The molecule has 0 amide bonds. The maximum atomic E-state index is 11.7. The van der Waals surface area contributed by atoms with Crippen LogP contribution in [0.3, 0.4) is 0 Å². The van der Waals surface area contributed by atoms with Crippen LogP contribution in [0.4, 0.5) is 0 Å². The lowest BCUT2D eigenvalue weighted by Crippen LogP contribution is -2.59. The molecule has 40 heavy (non-hydrogen) atoms. The van der Waals surface area contributed by atoms with Gasteiger partial charge in [0.1, 0.15) is 0 Å². The smallest absolute Gasteiger partial charge is 0.303 e. The van der Waals surface area contributed by atoms with Crippen LogP contribution < -0.4 is 10.6 Å². The van der Waals surface area contributed by atoms with Gasteiger partial charge >= 0.3 is 5.97 Å². The van der Waals surface area contributed by atoms with Crippen LogP contribution in [-0.4, -0.2) is 46.4 Å². The predicted molar refractivity (Wildman–Crippen MR) is 160 cm³/mol. The van der Waals surface area contributed by atoms with Crippen LogP contribution in [-0.2, 0) is 11.3 Å². The highest BCUT2D eigenvalue weighted by molar-refractivity contribution is 5.66. The minimum Gasteiger partial charge on any atom is -0.481 e. The number of nitrogens with one attached hydrogen (secondary N) is 2. The number of unbranched alkanes of at least 4 members (excludes halogenated alkanes) is 1. The van der Waals surface area contributed by atoms with E-state index < -0.39 is 5.97 Å². The number of aromatic nitrogens is 1. The summed E-state index contributed by atoms with van der Waals surface area (Å²) in [6, 6.07) is 6.65. The van der Waals surface area contributed by atoms with E-state index in [0.717, 1.165) is 38.2 Å². The number of hydrogen-bond donors (Lipinski definition) is 4. The zero-order valence-electron chi connectivity index (χ0n) is 25.3. The Hall–Kier alpha value is -1.50. The van der Waals surface area contributed by atoms with Crippen molar-refractivity contribution in [2.24, 2.45) is 46.3 Å². The van der Waals surface area contributed by atoms with Crippen molar-refractivity contribution in [3.63, 3.8) is 0 Å². The van der Waals surface area contributed by atoms with Crippen LogP contribution in [0.2, 0.25) is 0 Å². The molecule has 4 N–H and O–H groups in total. The molecule has 4 aliphatic rings. The summed E-state index contributed by atoms with van der Waals surface area (Å²) < 4.78 is 0. The van der Waals surface area contributed by atoms with E-state index in [9.17, 15) is 15.0 Å². The summed E-state index contributed by atoms with van der Waals surface area (Å²) in [5.41, 5.74) is 1.71. The van der Waals surface area contributed by atoms with E-state index in [-0.39, 0.29) is 17.9 Å². The monoisotopic (exact) mass is 553 g/mol. The molecule has 1 heterocycles. The topological polar surface area (TPSA) is 94.5 Å². The van der Waals surface area contributed by atoms with Crippen molar-refractivity contribution in [2.45, 2.75) is 117 Å². The van der Waals surface area contributed by atoms with Gasteiger partial charge in [-0.2, -0.15) is 0 Å². The number of aliphatic hydroxyl groups is 1. The molecule has 6 heteroatoms. The zero-order valence-corrected chi connectivity index (χ0v) is 25.3. The maximum Gasteiger partial charge on any atom is 0.303 e. The molecule has 0 spiro atoms. The summed E-state index contributed by atoms with van der Waals surface area (Å²) >= 11 is 0. The fourth-order valence-corrected chi connectivity index (χ4v) is 10.3. The average Bonchev–Trinajstić information content (AvgIpc) is 3.29. The van der Waals surface area contributed by atoms with Gasteiger partial charge in [-0.05, 0) is 142 Å². The maximum absolute atomic E-state index is 11.7. The van der Waals surface area contributed by atoms with Crippen LogP contribution in [0, 0.1) is 46.3 Å². The van der Waals surface area contributed by atoms with Gasteiger partial charge in [-0.1, -0.05) is 26.8 Å². The predicted octanol–water partition coefficient (Wildman–Crippen LogP) is 6.04. The van der Waals surface area contributed by atoms with E-state index in [4.69, 9.17) is 0 Å². The van der Waals surface area contributed by atoms with Gasteiger partial charge in [-0.3, -0.25) is 9.78 Å². The first-order chi connectivity index (χ1) is 19.2. The molecule has 4 saturated carbocycles. The fraction of sp³-hybridized carbons (Fsp3) is 0.824. The van der Waals surface area contributed by atoms with Gasteiger partial charge in [0, 0.05) is 25.2 Å². The van der Waals surface area contributed by atoms with Gasteiger partial charge in [0.25, 0.3) is 0 Å². The number of aliphatic carboxylic acids is 1. The number of carbonyl (C=O) groups is 1. The molecule has 4 fully saturated rings. The second-order valence-corrected chi connectivity index (χ2v) is 14.6. The van der Waals surface area contributed by atoms with Crippen molar-refractivity contribution in [1.82, 2.24) is 15.6 Å². The molecular weight excluding hydrogens is 498 g/mol. The summed E-state index contributed by atoms with van der Waals surface area (Å²) in [5.74, 6) is 2.66. The molecule has 0 aliphatic heterocycles. The molecule has 10 atom stereocenters. The van der Waals surface area contributed by atoms with E-state index in [1.54, 1.807) is 0 Å². The summed E-state index contributed by atoms with van der Waals surface area (Å²) in [5, 5.41) is 28.3. The van der Waals surface area contributed by atoms with Gasteiger partial charge in [0.15, 0.2) is 0 Å². The van der Waals surface area contributed by atoms with Gasteiger partial charge in [-0.25, -0.2) is 0 Å². The molecule has 0 radical (unpaired) electrons. The van der Waals surface area contributed by atoms with Gasteiger partial charge in [-0.15, -0.1) is 0 Å². The number of carboxylic acid groups (broad SMARTS) is 1. The third-order valence-electron chi connectivity index (χ3n) is 12.5. The summed E-state index contributed by atoms with van der Waals surface area (Å²) in [4.78, 5) is 15.6. The van der Waals surface area contributed by atoms with Crippen molar-refractivity contribution < 1.29 is 15.0 Å². The molecule has 0 aromatic carbocycles. The highest BCUT2D eigenvalue weighted by Crippen LogP contribution is 2.68. The van der Waals surface area contributed by atoms with E-state index in [1.165, 1.54) is 57.8 Å². The summed E-state index contributed by atoms with van der Waals surface area (Å²) in [6.07, 6.45) is 14.8. The Morgan fingerprint density at radius 1 is 1.05 bits per heavy atom. The number of pyridine rings is 1. The molecule has 224 valence electrons. The minimum atomic E-state index is -0.671. The average molecular weight is 554 g/mol. The molecule has 4 aliphatic carbocycles. The standard InChI is InChI=1S/C34H55N3O3/c1-23(9-12-31(39)40)27-10-11-28-32-29(14-16-34(27,28)3)33(2)15-13-25(20-24(33)21-30(32)38)36-19-7-6-17-35-22-26-8-4-5-18-37-26/h4-5,8,18,23-25,27-30,32,35-36,38H,6-7,9-17,19-22H2,1-3H3,(H,39,40)/t23-,24-,25+,27?,28?,29?,30-,32?,33+,34-/m1/s1. The molecule has 6 nitrogen and oxygen atoms in total. The van der Waals surface area contributed by atoms with Crippen LogP contribution in [0.5, 0.6) is 0 Å². The number of rotatable bonds is 12. The first kappa shape index (κ1) is 30.0. The first-order valence-electron chi connectivity index (χ1n) is 16.5. The molecule has 0 bridgehead atoms. The third-order valence-corrected chi connectivity index (χ3v) is 12.5. The second-order valence-electron chi connectivity index (χ2n) is 14.6. The Morgan fingerprint density at radius 3 is 2.60 bits per heavy atom. The SMILES string of the molecule is C[C@H](CCC(=O)O)C1CCC2C3C(CC[C@@]21C)[C@@]1(C)CC[C@H](NCCCCNCc2ccccn2)C[C@@H]1C[C@H]3O.